The second-order valence-corrected chi connectivity index (χ2v) is 8.82. The number of nitrogens with zero attached hydrogens (tertiary/aromatic N) is 1. The van der Waals surface area contributed by atoms with Crippen LogP contribution in [0.2, 0.25) is 0 Å². The molecule has 4 atom stereocenters. The van der Waals surface area contributed by atoms with E-state index in [1.807, 2.05) is 0 Å². The number of fused-ring (bicyclic) bond motifs is 1. The van der Waals surface area contributed by atoms with Gasteiger partial charge in [0.2, 0.25) is 0 Å². The summed E-state index contributed by atoms with van der Waals surface area (Å²) >= 11 is 1.11. The van der Waals surface area contributed by atoms with Gasteiger partial charge in [0.05, 0.1) is 5.39 Å². The molecule has 0 aliphatic heterocycles. The Kier molecular flexibility index (Phi) is 5.88. The van der Waals surface area contributed by atoms with Gasteiger partial charge in [0.1, 0.15) is 15.5 Å². The van der Waals surface area contributed by atoms with Crippen molar-refractivity contribution in [2.45, 2.75) is 66.0 Å². The highest BCUT2D eigenvalue weighted by Crippen LogP contribution is 2.30. The van der Waals surface area contributed by atoms with E-state index in [1.54, 1.807) is 20.8 Å². The fourth-order valence-electron chi connectivity index (χ4n) is 3.80. The van der Waals surface area contributed by atoms with Crippen LogP contribution < -0.4 is 10.9 Å². The second-order valence-electron chi connectivity index (χ2n) is 7.82. The van der Waals surface area contributed by atoms with Crippen LogP contribution >= 0.6 is 11.3 Å². The van der Waals surface area contributed by atoms with Gasteiger partial charge < -0.3 is 15.0 Å². The molecule has 2 aromatic rings. The van der Waals surface area contributed by atoms with E-state index in [1.165, 1.54) is 6.42 Å². The maximum absolute atomic E-state index is 12.6. The summed E-state index contributed by atoms with van der Waals surface area (Å²) in [6.45, 7) is 9.31. The lowest BCUT2D eigenvalue weighted by Crippen LogP contribution is -2.47. The predicted molar refractivity (Wildman–Crippen MR) is 109 cm³/mol. The largest absolute Gasteiger partial charge is 0.448 e. The van der Waals surface area contributed by atoms with Gasteiger partial charge in [-0.2, -0.15) is 0 Å². The van der Waals surface area contributed by atoms with Crippen LogP contribution in [-0.2, 0) is 9.53 Å². The molecule has 0 unspecified atom stereocenters. The van der Waals surface area contributed by atoms with Crippen LogP contribution in [0.1, 0.15) is 61.1 Å². The third-order valence-electron chi connectivity index (χ3n) is 5.79. The number of H-pyrrole nitrogens is 1. The molecule has 2 aromatic heterocycles. The molecule has 1 saturated carbocycles. The highest BCUT2D eigenvalue weighted by atomic mass is 32.1. The molecule has 0 bridgehead atoms. The molecule has 0 spiro atoms. The number of rotatable bonds is 4. The Morgan fingerprint density at radius 1 is 1.29 bits per heavy atom. The molecule has 3 rings (SSSR count). The van der Waals surface area contributed by atoms with E-state index < -0.39 is 12.1 Å². The van der Waals surface area contributed by atoms with Crippen LogP contribution in [0.3, 0.4) is 0 Å². The van der Waals surface area contributed by atoms with E-state index in [9.17, 15) is 14.4 Å². The van der Waals surface area contributed by atoms with Gasteiger partial charge >= 0.3 is 5.97 Å². The average molecular weight is 406 g/mol. The SMILES string of the molecule is Cc1nc2sc(C(=O)O[C@@H](C)C(=O)N[C@H]3CCC[C@H](C)[C@@H]3C)c(C)c2c(=O)[nH]1. The molecule has 7 nitrogen and oxygen atoms in total. The van der Waals surface area contributed by atoms with E-state index in [-0.39, 0.29) is 17.5 Å². The highest BCUT2D eigenvalue weighted by Gasteiger charge is 2.30. The van der Waals surface area contributed by atoms with Gasteiger partial charge in [-0.3, -0.25) is 9.59 Å². The van der Waals surface area contributed by atoms with Crippen LogP contribution in [0.4, 0.5) is 0 Å². The van der Waals surface area contributed by atoms with Crippen LogP contribution in [0.25, 0.3) is 10.2 Å². The smallest absolute Gasteiger partial charge is 0.349 e. The van der Waals surface area contributed by atoms with Crippen molar-refractivity contribution in [1.29, 1.82) is 0 Å². The first kappa shape index (κ1) is 20.5. The Bertz CT molecular complexity index is 964. The summed E-state index contributed by atoms with van der Waals surface area (Å²) in [5.41, 5.74) is 0.252. The standard InChI is InChI=1S/C20H27N3O4S/c1-9-7-6-8-14(10(9)2)23-17(24)12(4)27-20(26)16-11(3)15-18(25)21-13(5)22-19(15)28-16/h9-10,12,14H,6-8H2,1-5H3,(H,23,24)(H,21,22,25)/t9-,10-,12-,14-/m0/s1. The van der Waals surface area contributed by atoms with Crippen LogP contribution in [0.5, 0.6) is 0 Å². The molecule has 8 heteroatoms. The van der Waals surface area contributed by atoms with Crippen LogP contribution in [0, 0.1) is 25.7 Å². The molecule has 1 aliphatic carbocycles. The fourth-order valence-corrected chi connectivity index (χ4v) is 4.91. The lowest BCUT2D eigenvalue weighted by Gasteiger charge is -2.35. The molecule has 1 aliphatic rings. The van der Waals surface area contributed by atoms with Gasteiger partial charge in [-0.25, -0.2) is 9.78 Å². The number of ether oxygens (including phenoxy) is 1. The summed E-state index contributed by atoms with van der Waals surface area (Å²) < 4.78 is 5.40. The number of hydrogen-bond donors (Lipinski definition) is 2. The molecule has 28 heavy (non-hydrogen) atoms. The number of esters is 1. The third kappa shape index (κ3) is 3.97. The Labute approximate surface area is 167 Å². The van der Waals surface area contributed by atoms with Gasteiger partial charge in [-0.1, -0.05) is 26.7 Å². The minimum absolute atomic E-state index is 0.106. The van der Waals surface area contributed by atoms with Gasteiger partial charge in [-0.05, 0) is 44.6 Å². The number of carbonyl (C=O) groups is 2. The lowest BCUT2D eigenvalue weighted by atomic mass is 9.78. The Morgan fingerprint density at radius 3 is 2.71 bits per heavy atom. The summed E-state index contributed by atoms with van der Waals surface area (Å²) in [6, 6.07) is 0.106. The fraction of sp³-hybridized carbons (Fsp3) is 0.600. The summed E-state index contributed by atoms with van der Waals surface area (Å²) in [5.74, 6) is 0.552. The first-order valence-electron chi connectivity index (χ1n) is 9.70. The molecular weight excluding hydrogens is 378 g/mol. The average Bonchev–Trinajstić information content (AvgIpc) is 2.95. The van der Waals surface area contributed by atoms with Gasteiger partial charge in [0.15, 0.2) is 6.10 Å². The minimum atomic E-state index is -0.908. The number of amides is 1. The third-order valence-corrected chi connectivity index (χ3v) is 6.96. The van der Waals surface area contributed by atoms with Crippen LogP contribution in [0.15, 0.2) is 4.79 Å². The van der Waals surface area contributed by atoms with E-state index in [4.69, 9.17) is 4.74 Å². The van der Waals surface area contributed by atoms with Crippen molar-refractivity contribution >= 4 is 33.4 Å². The van der Waals surface area contributed by atoms with Gasteiger partial charge in [-0.15, -0.1) is 11.3 Å². The molecular formula is C20H27N3O4S. The normalized spacial score (nSPS) is 23.4. The van der Waals surface area contributed by atoms with E-state index in [0.29, 0.717) is 38.3 Å². The zero-order valence-electron chi connectivity index (χ0n) is 16.9. The van der Waals surface area contributed by atoms with Gasteiger partial charge in [0.25, 0.3) is 11.5 Å². The maximum Gasteiger partial charge on any atom is 0.349 e. The van der Waals surface area contributed by atoms with Crippen molar-refractivity contribution < 1.29 is 14.3 Å². The number of aromatic amines is 1. The Hall–Kier alpha value is -2.22. The molecule has 2 N–H and O–H groups in total. The highest BCUT2D eigenvalue weighted by molar-refractivity contribution is 7.20. The maximum atomic E-state index is 12.6. The Balaban J connectivity index is 1.71. The van der Waals surface area contributed by atoms with Crippen molar-refractivity contribution in [2.75, 3.05) is 0 Å². The first-order valence-corrected chi connectivity index (χ1v) is 10.5. The monoisotopic (exact) mass is 405 g/mol. The molecule has 1 amide bonds. The zero-order valence-corrected chi connectivity index (χ0v) is 17.7. The van der Waals surface area contributed by atoms with Crippen molar-refractivity contribution in [3.05, 3.63) is 26.6 Å². The minimum Gasteiger partial charge on any atom is -0.448 e. The molecule has 2 heterocycles. The summed E-state index contributed by atoms with van der Waals surface area (Å²) in [5, 5.41) is 3.43. The molecule has 0 saturated heterocycles. The van der Waals surface area contributed by atoms with E-state index in [0.717, 1.165) is 24.2 Å². The van der Waals surface area contributed by atoms with Crippen molar-refractivity contribution in [2.24, 2.45) is 11.8 Å². The molecule has 152 valence electrons. The van der Waals surface area contributed by atoms with Crippen molar-refractivity contribution in [3.63, 3.8) is 0 Å². The van der Waals surface area contributed by atoms with E-state index >= 15 is 0 Å². The first-order chi connectivity index (χ1) is 13.2. The summed E-state index contributed by atoms with van der Waals surface area (Å²) in [6.07, 6.45) is 2.30. The number of aryl methyl sites for hydroxylation is 2. The zero-order chi connectivity index (χ0) is 20.6. The number of nitrogens with one attached hydrogen (secondary N) is 2. The summed E-state index contributed by atoms with van der Waals surface area (Å²) in [7, 11) is 0. The number of hydrogen-bond acceptors (Lipinski definition) is 6. The lowest BCUT2D eigenvalue weighted by molar-refractivity contribution is -0.130. The number of carbonyl (C=O) groups excluding carboxylic acids is 2. The van der Waals surface area contributed by atoms with Crippen LogP contribution in [-0.4, -0.2) is 34.0 Å². The van der Waals surface area contributed by atoms with E-state index in [2.05, 4.69) is 29.1 Å². The van der Waals surface area contributed by atoms with Crippen molar-refractivity contribution in [1.82, 2.24) is 15.3 Å². The predicted octanol–water partition coefficient (Wildman–Crippen LogP) is 3.09. The topological polar surface area (TPSA) is 101 Å². The van der Waals surface area contributed by atoms with Crippen molar-refractivity contribution in [3.8, 4) is 0 Å². The second kappa shape index (κ2) is 8.03. The molecule has 1 fully saturated rings. The Morgan fingerprint density at radius 2 is 2.00 bits per heavy atom. The quantitative estimate of drug-likeness (QED) is 0.761. The van der Waals surface area contributed by atoms with Gasteiger partial charge in [0, 0.05) is 6.04 Å². The number of aromatic nitrogens is 2. The number of thiophene rings is 1. The summed E-state index contributed by atoms with van der Waals surface area (Å²) in [4.78, 5) is 45.0. The molecule has 0 radical (unpaired) electrons. The molecule has 0 aromatic carbocycles.